The molecule has 0 aliphatic heterocycles. The molecule has 1 N–H and O–H groups in total. The Morgan fingerprint density at radius 2 is 1.43 bits per heavy atom. The Labute approximate surface area is 136 Å². The van der Waals surface area contributed by atoms with E-state index in [2.05, 4.69) is 5.32 Å². The lowest BCUT2D eigenvalue weighted by molar-refractivity contribution is 0.630. The zero-order chi connectivity index (χ0) is 16.6. The first-order valence-corrected chi connectivity index (χ1v) is 7.68. The molecule has 4 heteroatoms. The predicted octanol–water partition coefficient (Wildman–Crippen LogP) is 3.84. The monoisotopic (exact) mass is 307 g/mol. The molecule has 0 spiro atoms. The Kier molecular flexibility index (Phi) is 3.82. The molecule has 0 bridgehead atoms. The van der Waals surface area contributed by atoms with Gasteiger partial charge in [-0.15, -0.1) is 0 Å². The van der Waals surface area contributed by atoms with Crippen LogP contribution in [0.25, 0.3) is 5.69 Å². The van der Waals surface area contributed by atoms with Gasteiger partial charge in [0.05, 0.1) is 11.4 Å². The zero-order valence-corrected chi connectivity index (χ0v) is 13.9. The molecule has 4 nitrogen and oxygen atoms in total. The quantitative estimate of drug-likeness (QED) is 0.798. The number of nitrogens with one attached hydrogen (secondary N) is 1. The van der Waals surface area contributed by atoms with Crippen LogP contribution in [0.15, 0.2) is 53.3 Å². The van der Waals surface area contributed by atoms with E-state index in [-0.39, 0.29) is 5.56 Å². The second-order valence-corrected chi connectivity index (χ2v) is 5.83. The number of aromatic nitrogens is 2. The van der Waals surface area contributed by atoms with Gasteiger partial charge in [-0.3, -0.25) is 9.48 Å². The highest BCUT2D eigenvalue weighted by Gasteiger charge is 2.17. The SMILES string of the molecule is Cc1cccc(C)c1Nc1c(C)n(C)n(-c2ccccc2)c1=O. The lowest BCUT2D eigenvalue weighted by Gasteiger charge is -2.11. The van der Waals surface area contributed by atoms with E-state index in [1.165, 1.54) is 0 Å². The van der Waals surface area contributed by atoms with Gasteiger partial charge in [-0.1, -0.05) is 36.4 Å². The van der Waals surface area contributed by atoms with Gasteiger partial charge in [-0.05, 0) is 44.0 Å². The highest BCUT2D eigenvalue weighted by atomic mass is 16.1. The Balaban J connectivity index is 2.14. The smallest absolute Gasteiger partial charge is 0.295 e. The number of hydrogen-bond acceptors (Lipinski definition) is 2. The molecule has 0 saturated carbocycles. The normalized spacial score (nSPS) is 10.8. The summed E-state index contributed by atoms with van der Waals surface area (Å²) in [5.41, 5.74) is 5.59. The van der Waals surface area contributed by atoms with Crippen LogP contribution in [0.4, 0.5) is 11.4 Å². The van der Waals surface area contributed by atoms with Crippen LogP contribution in [0, 0.1) is 20.8 Å². The topological polar surface area (TPSA) is 39.0 Å². The molecule has 0 aliphatic carbocycles. The molecule has 2 aromatic carbocycles. The van der Waals surface area contributed by atoms with Crippen molar-refractivity contribution >= 4 is 11.4 Å². The standard InChI is InChI=1S/C19H21N3O/c1-13-9-8-10-14(2)17(13)20-18-15(3)21(4)22(19(18)23)16-11-6-5-7-12-16/h5-12,20H,1-4H3. The fourth-order valence-corrected chi connectivity index (χ4v) is 2.85. The maximum absolute atomic E-state index is 12.9. The maximum atomic E-state index is 12.9. The van der Waals surface area contributed by atoms with Gasteiger partial charge in [-0.2, -0.15) is 0 Å². The molecule has 0 saturated heterocycles. The van der Waals surface area contributed by atoms with Crippen molar-refractivity contribution in [3.63, 3.8) is 0 Å². The number of benzene rings is 2. The van der Waals surface area contributed by atoms with Crippen LogP contribution in [-0.2, 0) is 7.05 Å². The molecule has 0 radical (unpaired) electrons. The molecule has 0 aliphatic rings. The summed E-state index contributed by atoms with van der Waals surface area (Å²) in [6, 6.07) is 15.8. The van der Waals surface area contributed by atoms with Crippen molar-refractivity contribution in [1.29, 1.82) is 0 Å². The number of rotatable bonds is 3. The summed E-state index contributed by atoms with van der Waals surface area (Å²) in [7, 11) is 1.90. The number of para-hydroxylation sites is 2. The third-order valence-electron chi connectivity index (χ3n) is 4.29. The van der Waals surface area contributed by atoms with Crippen LogP contribution in [0.5, 0.6) is 0 Å². The molecule has 0 amide bonds. The average molecular weight is 307 g/mol. The van der Waals surface area contributed by atoms with Crippen LogP contribution < -0.4 is 10.9 Å². The van der Waals surface area contributed by atoms with Crippen molar-refractivity contribution in [2.75, 3.05) is 5.32 Å². The summed E-state index contributed by atoms with van der Waals surface area (Å²) in [5.74, 6) is 0. The Bertz CT molecular complexity index is 884. The fourth-order valence-electron chi connectivity index (χ4n) is 2.85. The third-order valence-corrected chi connectivity index (χ3v) is 4.29. The highest BCUT2D eigenvalue weighted by molar-refractivity contribution is 5.67. The van der Waals surface area contributed by atoms with Gasteiger partial charge >= 0.3 is 0 Å². The second kappa shape index (κ2) is 5.80. The van der Waals surface area contributed by atoms with E-state index in [4.69, 9.17) is 0 Å². The molecule has 1 aromatic heterocycles. The van der Waals surface area contributed by atoms with Gasteiger partial charge in [0.25, 0.3) is 5.56 Å². The largest absolute Gasteiger partial charge is 0.349 e. The van der Waals surface area contributed by atoms with E-state index in [1.807, 2.05) is 81.0 Å². The van der Waals surface area contributed by atoms with Gasteiger partial charge in [0.15, 0.2) is 0 Å². The first-order chi connectivity index (χ1) is 11.0. The molecule has 1 heterocycles. The van der Waals surface area contributed by atoms with Crippen molar-refractivity contribution in [3.8, 4) is 5.69 Å². The van der Waals surface area contributed by atoms with Gasteiger partial charge in [0, 0.05) is 12.7 Å². The molecule has 23 heavy (non-hydrogen) atoms. The summed E-state index contributed by atoms with van der Waals surface area (Å²) in [4.78, 5) is 12.9. The average Bonchev–Trinajstić information content (AvgIpc) is 2.75. The van der Waals surface area contributed by atoms with E-state index in [0.29, 0.717) is 5.69 Å². The summed E-state index contributed by atoms with van der Waals surface area (Å²) < 4.78 is 3.57. The number of aryl methyl sites for hydroxylation is 2. The van der Waals surface area contributed by atoms with E-state index >= 15 is 0 Å². The van der Waals surface area contributed by atoms with Gasteiger partial charge in [0.1, 0.15) is 5.69 Å². The van der Waals surface area contributed by atoms with Gasteiger partial charge in [-0.25, -0.2) is 4.68 Å². The zero-order valence-electron chi connectivity index (χ0n) is 13.9. The number of hydrogen-bond donors (Lipinski definition) is 1. The lowest BCUT2D eigenvalue weighted by atomic mass is 10.1. The lowest BCUT2D eigenvalue weighted by Crippen LogP contribution is -2.20. The van der Waals surface area contributed by atoms with Crippen LogP contribution in [0.3, 0.4) is 0 Å². The Morgan fingerprint density at radius 1 is 0.826 bits per heavy atom. The minimum Gasteiger partial charge on any atom is -0.349 e. The van der Waals surface area contributed by atoms with Crippen LogP contribution in [-0.4, -0.2) is 9.36 Å². The Morgan fingerprint density at radius 3 is 2.04 bits per heavy atom. The minimum atomic E-state index is -0.0427. The van der Waals surface area contributed by atoms with E-state index in [9.17, 15) is 4.79 Å². The molecule has 0 atom stereocenters. The second-order valence-electron chi connectivity index (χ2n) is 5.83. The van der Waals surface area contributed by atoms with Crippen LogP contribution >= 0.6 is 0 Å². The van der Waals surface area contributed by atoms with E-state index in [1.54, 1.807) is 4.68 Å². The molecular formula is C19H21N3O. The predicted molar refractivity (Wildman–Crippen MR) is 94.9 cm³/mol. The van der Waals surface area contributed by atoms with E-state index in [0.717, 1.165) is 28.2 Å². The number of anilines is 2. The van der Waals surface area contributed by atoms with Crippen molar-refractivity contribution in [2.24, 2.45) is 7.05 Å². The molecule has 3 rings (SSSR count). The summed E-state index contributed by atoms with van der Waals surface area (Å²) in [5, 5.41) is 3.35. The molecule has 3 aromatic rings. The first kappa shape index (κ1) is 15.2. The first-order valence-electron chi connectivity index (χ1n) is 7.68. The highest BCUT2D eigenvalue weighted by Crippen LogP contribution is 2.25. The van der Waals surface area contributed by atoms with Crippen molar-refractivity contribution in [1.82, 2.24) is 9.36 Å². The Hall–Kier alpha value is -2.75. The summed E-state index contributed by atoms with van der Waals surface area (Å²) in [6.07, 6.45) is 0. The molecular weight excluding hydrogens is 286 g/mol. The van der Waals surface area contributed by atoms with Gasteiger partial charge < -0.3 is 5.32 Å². The molecule has 0 unspecified atom stereocenters. The van der Waals surface area contributed by atoms with Gasteiger partial charge in [0.2, 0.25) is 0 Å². The summed E-state index contributed by atoms with van der Waals surface area (Å²) in [6.45, 7) is 6.05. The van der Waals surface area contributed by atoms with Crippen LogP contribution in [0.1, 0.15) is 16.8 Å². The summed E-state index contributed by atoms with van der Waals surface area (Å²) >= 11 is 0. The minimum absolute atomic E-state index is 0.0427. The maximum Gasteiger partial charge on any atom is 0.295 e. The van der Waals surface area contributed by atoms with Crippen molar-refractivity contribution < 1.29 is 0 Å². The van der Waals surface area contributed by atoms with E-state index < -0.39 is 0 Å². The fraction of sp³-hybridized carbons (Fsp3) is 0.211. The van der Waals surface area contributed by atoms with Crippen molar-refractivity contribution in [2.45, 2.75) is 20.8 Å². The molecule has 118 valence electrons. The van der Waals surface area contributed by atoms with Crippen LogP contribution in [0.2, 0.25) is 0 Å². The molecule has 0 fully saturated rings. The third kappa shape index (κ3) is 2.57. The van der Waals surface area contributed by atoms with Crippen molar-refractivity contribution in [3.05, 3.63) is 75.7 Å². The number of nitrogens with zero attached hydrogens (tertiary/aromatic N) is 2.